The molecule has 1 heterocycles. The predicted molar refractivity (Wildman–Crippen MR) is 167 cm³/mol. The first kappa shape index (κ1) is 29.3. The predicted octanol–water partition coefficient (Wildman–Crippen LogP) is 9.08. The number of carbonyl (C=O) groups excluding carboxylic acids is 1. The highest BCUT2D eigenvalue weighted by Gasteiger charge is 2.22. The summed E-state index contributed by atoms with van der Waals surface area (Å²) in [4.78, 5) is 13.2. The molecule has 216 valence electrons. The maximum atomic E-state index is 13.2. The van der Waals surface area contributed by atoms with Crippen LogP contribution in [0, 0.1) is 5.92 Å². The Labute approximate surface area is 252 Å². The fourth-order valence-electron chi connectivity index (χ4n) is 5.94. The average Bonchev–Trinajstić information content (AvgIpc) is 3.35. The number of aromatic nitrogens is 1. The van der Waals surface area contributed by atoms with Crippen LogP contribution in [0.2, 0.25) is 10.0 Å². The lowest BCUT2D eigenvalue weighted by atomic mass is 9.84. The Morgan fingerprint density at radius 2 is 1.68 bits per heavy atom. The summed E-state index contributed by atoms with van der Waals surface area (Å²) in [6.45, 7) is 1.27. The van der Waals surface area contributed by atoms with Gasteiger partial charge < -0.3 is 19.4 Å². The third kappa shape index (κ3) is 7.78. The molecular weight excluding hydrogens is 555 g/mol. The summed E-state index contributed by atoms with van der Waals surface area (Å²) in [5.41, 5.74) is 2.60. The number of hydrogen-bond donors (Lipinski definition) is 1. The van der Waals surface area contributed by atoms with E-state index < -0.39 is 0 Å². The standard InChI is InChI=1S/C34H38Cl2N2O3/c1-40-32-14-7-13-30-31(34(39)37-22-25-9-5-10-26(35)20-25)23-38(33(30)32)19-4-2-3-8-24-15-17-28(18-16-24)41-29-12-6-11-27(36)21-29/h5-7,9-14,20-21,23-24,28H,2-4,8,15-19,22H2,1H3,(H,37,39). The number of nitrogens with one attached hydrogen (secondary N) is 1. The molecule has 1 amide bonds. The summed E-state index contributed by atoms with van der Waals surface area (Å²) in [5.74, 6) is 2.33. The van der Waals surface area contributed by atoms with Gasteiger partial charge >= 0.3 is 0 Å². The number of methoxy groups -OCH3 is 1. The van der Waals surface area contributed by atoms with Gasteiger partial charge in [0.05, 0.1) is 24.3 Å². The van der Waals surface area contributed by atoms with Gasteiger partial charge in [-0.25, -0.2) is 0 Å². The molecular formula is C34H38Cl2N2O3. The van der Waals surface area contributed by atoms with Crippen molar-refractivity contribution in [3.8, 4) is 11.5 Å². The van der Waals surface area contributed by atoms with Crippen molar-refractivity contribution in [1.29, 1.82) is 0 Å². The maximum absolute atomic E-state index is 13.2. The van der Waals surface area contributed by atoms with Gasteiger partial charge in [-0.2, -0.15) is 0 Å². The summed E-state index contributed by atoms with van der Waals surface area (Å²) < 4.78 is 14.0. The van der Waals surface area contributed by atoms with E-state index in [0.717, 1.165) is 71.1 Å². The molecule has 1 N–H and O–H groups in total. The lowest BCUT2D eigenvalue weighted by Crippen LogP contribution is -2.24. The highest BCUT2D eigenvalue weighted by Crippen LogP contribution is 2.33. The van der Waals surface area contributed by atoms with E-state index in [1.165, 1.54) is 25.7 Å². The highest BCUT2D eigenvalue weighted by atomic mass is 35.5. The van der Waals surface area contributed by atoms with Crippen molar-refractivity contribution < 1.29 is 14.3 Å². The van der Waals surface area contributed by atoms with Crippen LogP contribution in [-0.2, 0) is 13.1 Å². The second-order valence-corrected chi connectivity index (χ2v) is 11.8. The van der Waals surface area contributed by atoms with Gasteiger partial charge in [0, 0.05) is 34.7 Å². The smallest absolute Gasteiger partial charge is 0.253 e. The summed E-state index contributed by atoms with van der Waals surface area (Å²) >= 11 is 12.2. The van der Waals surface area contributed by atoms with Crippen molar-refractivity contribution in [2.75, 3.05) is 7.11 Å². The molecule has 1 aliphatic rings. The van der Waals surface area contributed by atoms with Gasteiger partial charge in [-0.15, -0.1) is 0 Å². The number of aryl methyl sites for hydroxylation is 1. The van der Waals surface area contributed by atoms with Crippen molar-refractivity contribution in [2.45, 2.75) is 70.6 Å². The van der Waals surface area contributed by atoms with Gasteiger partial charge in [-0.05, 0) is 80.0 Å². The molecule has 1 fully saturated rings. The van der Waals surface area contributed by atoms with E-state index in [2.05, 4.69) is 9.88 Å². The van der Waals surface area contributed by atoms with Gasteiger partial charge in [-0.3, -0.25) is 4.79 Å². The molecule has 5 rings (SSSR count). The molecule has 41 heavy (non-hydrogen) atoms. The first-order valence-electron chi connectivity index (χ1n) is 14.6. The monoisotopic (exact) mass is 592 g/mol. The third-order valence-corrected chi connectivity index (χ3v) is 8.54. The molecule has 0 saturated heterocycles. The highest BCUT2D eigenvalue weighted by molar-refractivity contribution is 6.31. The topological polar surface area (TPSA) is 52.5 Å². The molecule has 0 spiro atoms. The first-order valence-corrected chi connectivity index (χ1v) is 15.4. The minimum Gasteiger partial charge on any atom is -0.495 e. The zero-order valence-corrected chi connectivity index (χ0v) is 25.1. The summed E-state index contributed by atoms with van der Waals surface area (Å²) in [5, 5.41) is 5.34. The van der Waals surface area contributed by atoms with Gasteiger partial charge in [-0.1, -0.05) is 72.8 Å². The van der Waals surface area contributed by atoms with Crippen molar-refractivity contribution in [3.05, 3.63) is 94.1 Å². The summed E-state index contributed by atoms with van der Waals surface area (Å²) in [6.07, 6.45) is 11.6. The fourth-order valence-corrected chi connectivity index (χ4v) is 6.33. The number of ether oxygens (including phenoxy) is 2. The summed E-state index contributed by atoms with van der Waals surface area (Å²) in [6, 6.07) is 21.1. The van der Waals surface area contributed by atoms with Crippen LogP contribution < -0.4 is 14.8 Å². The van der Waals surface area contributed by atoms with Crippen LogP contribution in [0.5, 0.6) is 11.5 Å². The zero-order valence-electron chi connectivity index (χ0n) is 23.6. The van der Waals surface area contributed by atoms with Crippen LogP contribution in [-0.4, -0.2) is 23.7 Å². The first-order chi connectivity index (χ1) is 20.0. The maximum Gasteiger partial charge on any atom is 0.253 e. The number of para-hydroxylation sites is 1. The van der Waals surface area contributed by atoms with E-state index in [4.69, 9.17) is 32.7 Å². The van der Waals surface area contributed by atoms with Crippen LogP contribution >= 0.6 is 23.2 Å². The number of amides is 1. The second kappa shape index (κ2) is 14.2. The quantitative estimate of drug-likeness (QED) is 0.167. The normalized spacial score (nSPS) is 17.0. The second-order valence-electron chi connectivity index (χ2n) is 11.0. The number of benzene rings is 3. The molecule has 0 atom stereocenters. The van der Waals surface area contributed by atoms with Crippen molar-refractivity contribution in [1.82, 2.24) is 9.88 Å². The Bertz CT molecular complexity index is 1460. The van der Waals surface area contributed by atoms with Crippen molar-refractivity contribution in [3.63, 3.8) is 0 Å². The summed E-state index contributed by atoms with van der Waals surface area (Å²) in [7, 11) is 1.68. The van der Waals surface area contributed by atoms with Gasteiger partial charge in [0.1, 0.15) is 11.5 Å². The van der Waals surface area contributed by atoms with Gasteiger partial charge in [0.15, 0.2) is 0 Å². The number of fused-ring (bicyclic) bond motifs is 1. The molecule has 0 radical (unpaired) electrons. The third-order valence-electron chi connectivity index (χ3n) is 8.07. The van der Waals surface area contributed by atoms with Gasteiger partial charge in [0.25, 0.3) is 5.91 Å². The van der Waals surface area contributed by atoms with E-state index in [0.29, 0.717) is 23.2 Å². The number of halogens is 2. The number of unbranched alkanes of at least 4 members (excludes halogenated alkanes) is 2. The number of carbonyl (C=O) groups is 1. The average molecular weight is 594 g/mol. The number of hydrogen-bond acceptors (Lipinski definition) is 3. The van der Waals surface area contributed by atoms with Crippen molar-refractivity contribution in [2.24, 2.45) is 5.92 Å². The molecule has 0 unspecified atom stereocenters. The molecule has 1 aliphatic carbocycles. The lowest BCUT2D eigenvalue weighted by molar-refractivity contribution is 0.0952. The van der Waals surface area contributed by atoms with E-state index in [9.17, 15) is 4.79 Å². The largest absolute Gasteiger partial charge is 0.495 e. The zero-order chi connectivity index (χ0) is 28.6. The van der Waals surface area contributed by atoms with Crippen LogP contribution in [0.1, 0.15) is 67.3 Å². The Morgan fingerprint density at radius 1 is 0.927 bits per heavy atom. The Kier molecular flexibility index (Phi) is 10.1. The molecule has 1 aromatic heterocycles. The number of nitrogens with zero attached hydrogens (tertiary/aromatic N) is 1. The Morgan fingerprint density at radius 3 is 2.44 bits per heavy atom. The van der Waals surface area contributed by atoms with Crippen LogP contribution in [0.25, 0.3) is 10.9 Å². The van der Waals surface area contributed by atoms with E-state index in [1.807, 2.05) is 72.9 Å². The molecule has 1 saturated carbocycles. The van der Waals surface area contributed by atoms with E-state index in [-0.39, 0.29) is 5.91 Å². The molecule has 0 bridgehead atoms. The van der Waals surface area contributed by atoms with Crippen LogP contribution in [0.4, 0.5) is 0 Å². The molecule has 0 aliphatic heterocycles. The lowest BCUT2D eigenvalue weighted by Gasteiger charge is -2.29. The van der Waals surface area contributed by atoms with E-state index >= 15 is 0 Å². The van der Waals surface area contributed by atoms with Crippen LogP contribution in [0.3, 0.4) is 0 Å². The minimum atomic E-state index is -0.100. The fraction of sp³-hybridized carbons (Fsp3) is 0.382. The molecule has 4 aromatic rings. The van der Waals surface area contributed by atoms with E-state index in [1.54, 1.807) is 7.11 Å². The molecule has 7 heteroatoms. The Hall–Kier alpha value is -3.15. The SMILES string of the molecule is COc1cccc2c(C(=O)NCc3cccc(Cl)c3)cn(CCCCCC3CCC(Oc4cccc(Cl)c4)CC3)c12. The number of rotatable bonds is 12. The molecule has 3 aromatic carbocycles. The van der Waals surface area contributed by atoms with Crippen molar-refractivity contribution >= 4 is 40.0 Å². The molecule has 5 nitrogen and oxygen atoms in total. The van der Waals surface area contributed by atoms with Gasteiger partial charge in [0.2, 0.25) is 0 Å². The van der Waals surface area contributed by atoms with Crippen LogP contribution in [0.15, 0.2) is 72.9 Å². The Balaban J connectivity index is 1.11. The minimum absolute atomic E-state index is 0.100.